The highest BCUT2D eigenvalue weighted by Crippen LogP contribution is 2.23. The fourth-order valence-electron chi connectivity index (χ4n) is 2.09. The van der Waals surface area contributed by atoms with Gasteiger partial charge in [0.25, 0.3) is 5.69 Å². The summed E-state index contributed by atoms with van der Waals surface area (Å²) in [6.07, 6.45) is 0.489. The molecule has 0 saturated carbocycles. The zero-order chi connectivity index (χ0) is 14.8. The molecule has 0 radical (unpaired) electrons. The van der Waals surface area contributed by atoms with Crippen LogP contribution in [0.2, 0.25) is 0 Å². The zero-order valence-electron chi connectivity index (χ0n) is 11.0. The highest BCUT2D eigenvalue weighted by Gasteiger charge is 2.28. The highest BCUT2D eigenvalue weighted by atomic mass is 32.2. The van der Waals surface area contributed by atoms with Crippen molar-refractivity contribution in [3.8, 4) is 0 Å². The summed E-state index contributed by atoms with van der Waals surface area (Å²) in [6, 6.07) is 2.41. The molecule has 2 N–H and O–H groups in total. The van der Waals surface area contributed by atoms with E-state index in [2.05, 4.69) is 15.6 Å². The van der Waals surface area contributed by atoms with Crippen molar-refractivity contribution < 1.29 is 13.3 Å². The van der Waals surface area contributed by atoms with E-state index in [-0.39, 0.29) is 23.2 Å². The Hall–Kier alpha value is -1.90. The summed E-state index contributed by atoms with van der Waals surface area (Å²) in [5.74, 6) is 0.885. The van der Waals surface area contributed by atoms with Crippen LogP contribution in [0, 0.1) is 10.1 Å². The van der Waals surface area contributed by atoms with Gasteiger partial charge in [0.15, 0.2) is 9.84 Å². The highest BCUT2D eigenvalue weighted by molar-refractivity contribution is 7.91. The molecule has 110 valence electrons. The summed E-state index contributed by atoms with van der Waals surface area (Å²) < 4.78 is 22.8. The molecular formula is C11H16N4O4S. The van der Waals surface area contributed by atoms with Gasteiger partial charge in [-0.3, -0.25) is 10.1 Å². The summed E-state index contributed by atoms with van der Waals surface area (Å²) in [6.45, 7) is 2.45. The Bertz CT molecular complexity index is 617. The third-order valence-electron chi connectivity index (χ3n) is 2.96. The Morgan fingerprint density at radius 2 is 2.15 bits per heavy atom. The quantitative estimate of drug-likeness (QED) is 0.616. The lowest BCUT2D eigenvalue weighted by atomic mass is 10.2. The maximum Gasteiger partial charge on any atom is 0.276 e. The number of aromatic nitrogens is 1. The smallest absolute Gasteiger partial charge is 0.276 e. The topological polar surface area (TPSA) is 114 Å². The molecule has 0 amide bonds. The van der Waals surface area contributed by atoms with Crippen LogP contribution in [-0.2, 0) is 9.84 Å². The van der Waals surface area contributed by atoms with Crippen molar-refractivity contribution in [1.82, 2.24) is 4.98 Å². The number of anilines is 2. The number of hydrogen-bond acceptors (Lipinski definition) is 7. The minimum absolute atomic E-state index is 0.0356. The first-order valence-electron chi connectivity index (χ1n) is 6.27. The first-order chi connectivity index (χ1) is 9.39. The van der Waals surface area contributed by atoms with E-state index < -0.39 is 14.8 Å². The summed E-state index contributed by atoms with van der Waals surface area (Å²) in [5.41, 5.74) is -0.0840. The van der Waals surface area contributed by atoms with Gasteiger partial charge in [-0.25, -0.2) is 13.4 Å². The molecule has 1 fully saturated rings. The average Bonchev–Trinajstić information content (AvgIpc) is 2.68. The van der Waals surface area contributed by atoms with E-state index in [0.29, 0.717) is 24.6 Å². The normalized spacial score (nSPS) is 20.6. The standard InChI is InChI=1S/C11H16N4O4S/c1-2-12-10-5-9(15(16)17)6-11(14-10)13-8-3-4-20(18,19)7-8/h5-6,8H,2-4,7H2,1H3,(H2,12,13,14). The van der Waals surface area contributed by atoms with Crippen LogP contribution < -0.4 is 10.6 Å². The third kappa shape index (κ3) is 3.56. The minimum Gasteiger partial charge on any atom is -0.370 e. The predicted molar refractivity (Wildman–Crippen MR) is 75.7 cm³/mol. The Balaban J connectivity index is 2.20. The third-order valence-corrected chi connectivity index (χ3v) is 4.73. The van der Waals surface area contributed by atoms with Crippen LogP contribution in [0.4, 0.5) is 17.3 Å². The van der Waals surface area contributed by atoms with Gasteiger partial charge < -0.3 is 10.6 Å². The number of nitrogens with zero attached hydrogens (tertiary/aromatic N) is 2. The fourth-order valence-corrected chi connectivity index (χ4v) is 3.76. The molecule has 0 bridgehead atoms. The van der Waals surface area contributed by atoms with E-state index in [1.807, 2.05) is 6.92 Å². The first kappa shape index (κ1) is 14.5. The zero-order valence-corrected chi connectivity index (χ0v) is 11.8. The van der Waals surface area contributed by atoms with Gasteiger partial charge >= 0.3 is 0 Å². The van der Waals surface area contributed by atoms with Crippen LogP contribution in [0.15, 0.2) is 12.1 Å². The lowest BCUT2D eigenvalue weighted by Gasteiger charge is -2.12. The van der Waals surface area contributed by atoms with Crippen LogP contribution in [-0.4, -0.2) is 42.4 Å². The van der Waals surface area contributed by atoms with Crippen molar-refractivity contribution in [3.63, 3.8) is 0 Å². The van der Waals surface area contributed by atoms with E-state index in [1.165, 1.54) is 12.1 Å². The minimum atomic E-state index is -3.00. The Morgan fingerprint density at radius 1 is 1.45 bits per heavy atom. The average molecular weight is 300 g/mol. The molecule has 1 unspecified atom stereocenters. The molecule has 0 spiro atoms. The number of nitro groups is 1. The molecule has 0 aromatic carbocycles. The molecule has 1 aromatic heterocycles. The van der Waals surface area contributed by atoms with E-state index in [0.717, 1.165) is 0 Å². The lowest BCUT2D eigenvalue weighted by Crippen LogP contribution is -2.21. The van der Waals surface area contributed by atoms with Gasteiger partial charge in [-0.2, -0.15) is 0 Å². The van der Waals surface area contributed by atoms with Gasteiger partial charge in [0, 0.05) is 12.6 Å². The summed E-state index contributed by atoms with van der Waals surface area (Å²) in [4.78, 5) is 14.6. The maximum absolute atomic E-state index is 11.4. The lowest BCUT2D eigenvalue weighted by molar-refractivity contribution is -0.384. The van der Waals surface area contributed by atoms with Gasteiger partial charge in [-0.15, -0.1) is 0 Å². The molecule has 2 rings (SSSR count). The number of sulfone groups is 1. The van der Waals surface area contributed by atoms with E-state index in [4.69, 9.17) is 0 Å². The van der Waals surface area contributed by atoms with Crippen LogP contribution in [0.1, 0.15) is 13.3 Å². The second kappa shape index (κ2) is 5.61. The molecule has 9 heteroatoms. The largest absolute Gasteiger partial charge is 0.370 e. The number of rotatable bonds is 5. The Labute approximate surface area is 116 Å². The van der Waals surface area contributed by atoms with Crippen molar-refractivity contribution in [2.45, 2.75) is 19.4 Å². The van der Waals surface area contributed by atoms with Crippen molar-refractivity contribution in [3.05, 3.63) is 22.2 Å². The summed E-state index contributed by atoms with van der Waals surface area (Å²) in [7, 11) is -3.00. The predicted octanol–water partition coefficient (Wildman–Crippen LogP) is 1.02. The first-order valence-corrected chi connectivity index (χ1v) is 8.09. The van der Waals surface area contributed by atoms with E-state index >= 15 is 0 Å². The number of pyridine rings is 1. The van der Waals surface area contributed by atoms with Gasteiger partial charge in [-0.05, 0) is 13.3 Å². The van der Waals surface area contributed by atoms with Crippen LogP contribution in [0.5, 0.6) is 0 Å². The van der Waals surface area contributed by atoms with Crippen LogP contribution in [0.3, 0.4) is 0 Å². The summed E-state index contributed by atoms with van der Waals surface area (Å²) >= 11 is 0. The van der Waals surface area contributed by atoms with Gasteiger partial charge in [0.1, 0.15) is 11.6 Å². The van der Waals surface area contributed by atoms with Crippen LogP contribution >= 0.6 is 0 Å². The molecular weight excluding hydrogens is 284 g/mol. The molecule has 1 atom stereocenters. The van der Waals surface area contributed by atoms with Gasteiger partial charge in [-0.1, -0.05) is 0 Å². The Morgan fingerprint density at radius 3 is 2.70 bits per heavy atom. The van der Waals surface area contributed by atoms with Crippen molar-refractivity contribution >= 4 is 27.2 Å². The number of hydrogen-bond donors (Lipinski definition) is 2. The van der Waals surface area contributed by atoms with Crippen molar-refractivity contribution in [2.24, 2.45) is 0 Å². The summed E-state index contributed by atoms with van der Waals surface area (Å²) in [5, 5.41) is 16.7. The molecule has 1 saturated heterocycles. The second-order valence-electron chi connectivity index (χ2n) is 4.63. The maximum atomic E-state index is 11.4. The second-order valence-corrected chi connectivity index (χ2v) is 6.86. The van der Waals surface area contributed by atoms with Crippen molar-refractivity contribution in [2.75, 3.05) is 28.7 Å². The molecule has 0 aliphatic carbocycles. The Kier molecular flexibility index (Phi) is 4.07. The van der Waals surface area contributed by atoms with Gasteiger partial charge in [0.05, 0.1) is 28.6 Å². The van der Waals surface area contributed by atoms with Crippen molar-refractivity contribution in [1.29, 1.82) is 0 Å². The molecule has 20 heavy (non-hydrogen) atoms. The monoisotopic (exact) mass is 300 g/mol. The SMILES string of the molecule is CCNc1cc([N+](=O)[O-])cc(NC2CCS(=O)(=O)C2)n1. The van der Waals surface area contributed by atoms with Crippen LogP contribution in [0.25, 0.3) is 0 Å². The molecule has 1 aliphatic heterocycles. The van der Waals surface area contributed by atoms with Gasteiger partial charge in [0.2, 0.25) is 0 Å². The van der Waals surface area contributed by atoms with E-state index in [9.17, 15) is 18.5 Å². The molecule has 1 aromatic rings. The molecule has 1 aliphatic rings. The molecule has 8 nitrogen and oxygen atoms in total. The van der Waals surface area contributed by atoms with E-state index in [1.54, 1.807) is 0 Å². The molecule has 2 heterocycles. The fraction of sp³-hybridized carbons (Fsp3) is 0.545. The number of nitrogens with one attached hydrogen (secondary N) is 2.